The average Bonchev–Trinajstić information content (AvgIpc) is 2.58. The SMILES string of the molecule is CCOc1cc(CC(CCN(C)C)c2ccccc2)ccc1C(F)(F)F. The van der Waals surface area contributed by atoms with E-state index in [9.17, 15) is 13.2 Å². The van der Waals surface area contributed by atoms with Gasteiger partial charge < -0.3 is 9.64 Å². The third-order valence-electron chi connectivity index (χ3n) is 4.33. The molecule has 1 atom stereocenters. The van der Waals surface area contributed by atoms with Crippen molar-refractivity contribution in [2.45, 2.75) is 31.9 Å². The average molecular weight is 365 g/mol. The molecule has 26 heavy (non-hydrogen) atoms. The van der Waals surface area contributed by atoms with E-state index >= 15 is 0 Å². The molecule has 2 nitrogen and oxygen atoms in total. The minimum Gasteiger partial charge on any atom is -0.493 e. The number of hydrogen-bond acceptors (Lipinski definition) is 2. The molecule has 0 spiro atoms. The first kappa shape index (κ1) is 20.3. The van der Waals surface area contributed by atoms with Crippen LogP contribution in [-0.2, 0) is 12.6 Å². The zero-order valence-corrected chi connectivity index (χ0v) is 15.5. The summed E-state index contributed by atoms with van der Waals surface area (Å²) >= 11 is 0. The largest absolute Gasteiger partial charge is 0.493 e. The van der Waals surface area contributed by atoms with Gasteiger partial charge in [-0.15, -0.1) is 0 Å². The van der Waals surface area contributed by atoms with Gasteiger partial charge in [0.25, 0.3) is 0 Å². The monoisotopic (exact) mass is 365 g/mol. The summed E-state index contributed by atoms with van der Waals surface area (Å²) in [7, 11) is 4.04. The number of halogens is 3. The van der Waals surface area contributed by atoms with Gasteiger partial charge in [0.15, 0.2) is 0 Å². The molecule has 0 amide bonds. The molecule has 0 saturated heterocycles. The Hall–Kier alpha value is -2.01. The van der Waals surface area contributed by atoms with Crippen molar-refractivity contribution in [3.63, 3.8) is 0 Å². The molecule has 1 unspecified atom stereocenters. The van der Waals surface area contributed by atoms with Crippen molar-refractivity contribution in [3.8, 4) is 5.75 Å². The Morgan fingerprint density at radius 2 is 1.73 bits per heavy atom. The lowest BCUT2D eigenvalue weighted by Gasteiger charge is -2.21. The van der Waals surface area contributed by atoms with Crippen molar-refractivity contribution >= 4 is 0 Å². The van der Waals surface area contributed by atoms with Gasteiger partial charge in [0.2, 0.25) is 0 Å². The predicted octanol–water partition coefficient (Wildman–Crippen LogP) is 5.38. The summed E-state index contributed by atoms with van der Waals surface area (Å²) in [5.41, 5.74) is 1.34. The number of benzene rings is 2. The Balaban J connectivity index is 2.28. The highest BCUT2D eigenvalue weighted by Gasteiger charge is 2.34. The minimum absolute atomic E-state index is 0.0862. The molecule has 0 aromatic heterocycles. The maximum Gasteiger partial charge on any atom is 0.419 e. The number of hydrogen-bond donors (Lipinski definition) is 0. The van der Waals surface area contributed by atoms with E-state index in [4.69, 9.17) is 4.74 Å². The van der Waals surface area contributed by atoms with Crippen molar-refractivity contribution in [2.24, 2.45) is 0 Å². The van der Waals surface area contributed by atoms with E-state index < -0.39 is 11.7 Å². The fraction of sp³-hybridized carbons (Fsp3) is 0.429. The van der Waals surface area contributed by atoms with Crippen LogP contribution in [0.3, 0.4) is 0 Å². The van der Waals surface area contributed by atoms with E-state index in [0.29, 0.717) is 6.42 Å². The van der Waals surface area contributed by atoms with Crippen molar-refractivity contribution in [1.82, 2.24) is 4.90 Å². The molecular formula is C21H26F3NO. The van der Waals surface area contributed by atoms with Crippen LogP contribution in [0.1, 0.15) is 36.0 Å². The first-order valence-electron chi connectivity index (χ1n) is 8.83. The van der Waals surface area contributed by atoms with E-state index in [-0.39, 0.29) is 18.3 Å². The molecule has 2 aromatic carbocycles. The van der Waals surface area contributed by atoms with Crippen LogP contribution in [0.4, 0.5) is 13.2 Å². The van der Waals surface area contributed by atoms with Crippen LogP contribution in [0.25, 0.3) is 0 Å². The Kier molecular flexibility index (Phi) is 7.09. The second-order valence-electron chi connectivity index (χ2n) is 6.66. The first-order valence-corrected chi connectivity index (χ1v) is 8.83. The molecule has 0 fully saturated rings. The fourth-order valence-electron chi connectivity index (χ4n) is 3.01. The topological polar surface area (TPSA) is 12.5 Å². The molecule has 0 aliphatic rings. The summed E-state index contributed by atoms with van der Waals surface area (Å²) in [5, 5.41) is 0. The Labute approximate surface area is 153 Å². The van der Waals surface area contributed by atoms with Crippen LogP contribution < -0.4 is 4.74 Å². The van der Waals surface area contributed by atoms with Gasteiger partial charge in [-0.25, -0.2) is 0 Å². The summed E-state index contributed by atoms with van der Waals surface area (Å²) in [4.78, 5) is 2.12. The van der Waals surface area contributed by atoms with Crippen molar-refractivity contribution in [1.29, 1.82) is 0 Å². The standard InChI is InChI=1S/C21H26F3NO/c1-4-26-20-15-16(10-11-19(20)21(22,23)24)14-18(12-13-25(2)3)17-8-6-5-7-9-17/h5-11,15,18H,4,12-14H2,1-3H3. The van der Waals surface area contributed by atoms with Crippen LogP contribution in [0.15, 0.2) is 48.5 Å². The maximum absolute atomic E-state index is 13.2. The minimum atomic E-state index is -4.41. The van der Waals surface area contributed by atoms with Gasteiger partial charge in [-0.05, 0) is 69.6 Å². The van der Waals surface area contributed by atoms with Gasteiger partial charge in [-0.2, -0.15) is 13.2 Å². The van der Waals surface area contributed by atoms with Gasteiger partial charge in [0.1, 0.15) is 5.75 Å². The summed E-state index contributed by atoms with van der Waals surface area (Å²) in [6, 6.07) is 14.4. The van der Waals surface area contributed by atoms with Gasteiger partial charge in [-0.3, -0.25) is 0 Å². The van der Waals surface area contributed by atoms with Gasteiger partial charge in [0.05, 0.1) is 12.2 Å². The molecule has 2 rings (SSSR count). The van der Waals surface area contributed by atoms with Crippen LogP contribution in [-0.4, -0.2) is 32.1 Å². The lowest BCUT2D eigenvalue weighted by Crippen LogP contribution is -2.17. The van der Waals surface area contributed by atoms with E-state index in [0.717, 1.165) is 24.6 Å². The Morgan fingerprint density at radius 3 is 2.31 bits per heavy atom. The van der Waals surface area contributed by atoms with E-state index in [1.807, 2.05) is 32.3 Å². The molecule has 0 aliphatic carbocycles. The highest BCUT2D eigenvalue weighted by molar-refractivity contribution is 5.40. The lowest BCUT2D eigenvalue weighted by atomic mass is 9.88. The number of alkyl halides is 3. The molecule has 0 aliphatic heterocycles. The molecule has 5 heteroatoms. The van der Waals surface area contributed by atoms with Crippen molar-refractivity contribution in [3.05, 3.63) is 65.2 Å². The molecule has 0 saturated carbocycles. The maximum atomic E-state index is 13.2. The summed E-state index contributed by atoms with van der Waals surface area (Å²) in [6.07, 6.45) is -2.80. The highest BCUT2D eigenvalue weighted by atomic mass is 19.4. The van der Waals surface area contributed by atoms with Gasteiger partial charge in [0, 0.05) is 0 Å². The van der Waals surface area contributed by atoms with Crippen LogP contribution in [0.5, 0.6) is 5.75 Å². The quantitative estimate of drug-likeness (QED) is 0.622. The second-order valence-corrected chi connectivity index (χ2v) is 6.66. The zero-order chi connectivity index (χ0) is 19.2. The number of nitrogens with zero attached hydrogens (tertiary/aromatic N) is 1. The summed E-state index contributed by atoms with van der Waals surface area (Å²) < 4.78 is 44.7. The number of ether oxygens (including phenoxy) is 1. The van der Waals surface area contributed by atoms with Crippen LogP contribution >= 0.6 is 0 Å². The molecule has 2 aromatic rings. The third-order valence-corrected chi connectivity index (χ3v) is 4.33. The molecular weight excluding hydrogens is 339 g/mol. The van der Waals surface area contributed by atoms with Crippen molar-refractivity contribution < 1.29 is 17.9 Å². The summed E-state index contributed by atoms with van der Waals surface area (Å²) in [6.45, 7) is 2.81. The first-order chi connectivity index (χ1) is 12.3. The fourth-order valence-corrected chi connectivity index (χ4v) is 3.01. The molecule has 0 N–H and O–H groups in total. The van der Waals surface area contributed by atoms with Gasteiger partial charge >= 0.3 is 6.18 Å². The Morgan fingerprint density at radius 1 is 1.04 bits per heavy atom. The van der Waals surface area contributed by atoms with E-state index in [1.165, 1.54) is 11.6 Å². The number of rotatable bonds is 8. The van der Waals surface area contributed by atoms with E-state index in [1.54, 1.807) is 13.0 Å². The summed E-state index contributed by atoms with van der Waals surface area (Å²) in [5.74, 6) is 0.154. The highest BCUT2D eigenvalue weighted by Crippen LogP contribution is 2.37. The molecule has 0 heterocycles. The zero-order valence-electron chi connectivity index (χ0n) is 15.5. The van der Waals surface area contributed by atoms with E-state index in [2.05, 4.69) is 17.0 Å². The van der Waals surface area contributed by atoms with Crippen LogP contribution in [0, 0.1) is 0 Å². The molecule has 0 radical (unpaired) electrons. The third kappa shape index (κ3) is 5.77. The molecule has 142 valence electrons. The normalized spacial score (nSPS) is 13.0. The van der Waals surface area contributed by atoms with Crippen LogP contribution in [0.2, 0.25) is 0 Å². The smallest absolute Gasteiger partial charge is 0.419 e. The predicted molar refractivity (Wildman–Crippen MR) is 98.7 cm³/mol. The Bertz CT molecular complexity index is 683. The van der Waals surface area contributed by atoms with Gasteiger partial charge in [-0.1, -0.05) is 36.4 Å². The molecule has 0 bridgehead atoms. The second kappa shape index (κ2) is 9.08. The van der Waals surface area contributed by atoms with Crippen molar-refractivity contribution in [2.75, 3.05) is 27.2 Å². The lowest BCUT2D eigenvalue weighted by molar-refractivity contribution is -0.138.